The summed E-state index contributed by atoms with van der Waals surface area (Å²) in [7, 11) is 0. The first-order valence-electron chi connectivity index (χ1n) is 4.89. The second-order valence-electron chi connectivity index (χ2n) is 4.37. The highest BCUT2D eigenvalue weighted by molar-refractivity contribution is 5.71. The Kier molecular flexibility index (Phi) is 3.34. The first-order chi connectivity index (χ1) is 6.44. The summed E-state index contributed by atoms with van der Waals surface area (Å²) in [6.45, 7) is 5.27. The quantitative estimate of drug-likeness (QED) is 0.458. The fourth-order valence-corrected chi connectivity index (χ4v) is 1.68. The van der Waals surface area contributed by atoms with Crippen molar-refractivity contribution in [1.29, 1.82) is 0 Å². The second kappa shape index (κ2) is 4.14. The van der Waals surface area contributed by atoms with Crippen molar-refractivity contribution in [3.8, 4) is 0 Å². The van der Waals surface area contributed by atoms with Gasteiger partial charge >= 0.3 is 6.03 Å². The molecule has 5 heteroatoms. The van der Waals surface area contributed by atoms with E-state index in [0.29, 0.717) is 19.1 Å². The van der Waals surface area contributed by atoms with E-state index in [1.54, 1.807) is 0 Å². The van der Waals surface area contributed by atoms with Gasteiger partial charge in [-0.15, -0.1) is 0 Å². The number of carbonyl (C=O) groups excluding carboxylic acids is 1. The largest absolute Gasteiger partial charge is 0.392 e. The van der Waals surface area contributed by atoms with Gasteiger partial charge in [0.25, 0.3) is 0 Å². The number of aliphatic hydroxyl groups excluding tert-OH is 1. The zero-order valence-electron chi connectivity index (χ0n) is 8.71. The molecule has 0 aliphatic heterocycles. The topological polar surface area (TPSA) is 87.4 Å². The minimum absolute atomic E-state index is 0.0628. The van der Waals surface area contributed by atoms with Crippen LogP contribution in [-0.4, -0.2) is 36.4 Å². The molecule has 5 nitrogen and oxygen atoms in total. The molecule has 1 fully saturated rings. The fourth-order valence-electron chi connectivity index (χ4n) is 1.68. The Hall–Kier alpha value is -0.810. The molecule has 1 aliphatic rings. The van der Waals surface area contributed by atoms with E-state index >= 15 is 0 Å². The number of hydrogen-bond acceptors (Lipinski definition) is 3. The van der Waals surface area contributed by atoms with Crippen LogP contribution in [0.1, 0.15) is 20.3 Å². The summed E-state index contributed by atoms with van der Waals surface area (Å²) in [6, 6.07) is -0.174. The maximum absolute atomic E-state index is 10.4. The van der Waals surface area contributed by atoms with Crippen molar-refractivity contribution in [3.05, 3.63) is 0 Å². The predicted octanol–water partition coefficient (Wildman–Crippen LogP) is -0.596. The minimum atomic E-state index is -0.500. The highest BCUT2D eigenvalue weighted by Gasteiger charge is 2.46. The Balaban J connectivity index is 2.12. The van der Waals surface area contributed by atoms with E-state index in [-0.39, 0.29) is 11.5 Å². The van der Waals surface area contributed by atoms with Crippen molar-refractivity contribution in [3.63, 3.8) is 0 Å². The van der Waals surface area contributed by atoms with Crippen molar-refractivity contribution in [2.75, 3.05) is 13.1 Å². The van der Waals surface area contributed by atoms with Crippen LogP contribution in [0.2, 0.25) is 0 Å². The first-order valence-corrected chi connectivity index (χ1v) is 4.89. The zero-order chi connectivity index (χ0) is 10.8. The second-order valence-corrected chi connectivity index (χ2v) is 4.37. The Morgan fingerprint density at radius 2 is 2.21 bits per heavy atom. The number of nitrogens with one attached hydrogen (secondary N) is 2. The molecule has 2 atom stereocenters. The summed E-state index contributed by atoms with van der Waals surface area (Å²) in [5, 5.41) is 15.2. The Labute approximate surface area is 84.0 Å². The molecule has 5 N–H and O–H groups in total. The van der Waals surface area contributed by atoms with E-state index in [2.05, 4.69) is 10.6 Å². The highest BCUT2D eigenvalue weighted by atomic mass is 16.3. The molecule has 0 saturated heterocycles. The molecule has 0 aromatic heterocycles. The molecular formula is C9H19N3O2. The first kappa shape index (κ1) is 11.3. The van der Waals surface area contributed by atoms with E-state index < -0.39 is 6.03 Å². The monoisotopic (exact) mass is 201 g/mol. The third kappa shape index (κ3) is 2.36. The lowest BCUT2D eigenvalue weighted by atomic mass is 9.64. The lowest BCUT2D eigenvalue weighted by molar-refractivity contribution is -0.0720. The third-order valence-corrected chi connectivity index (χ3v) is 3.03. The summed E-state index contributed by atoms with van der Waals surface area (Å²) in [6.07, 6.45) is 0.563. The van der Waals surface area contributed by atoms with Crippen LogP contribution in [0.4, 0.5) is 4.79 Å². The molecule has 1 aliphatic carbocycles. The lowest BCUT2D eigenvalue weighted by Gasteiger charge is -2.49. The van der Waals surface area contributed by atoms with Gasteiger partial charge in [0.2, 0.25) is 0 Å². The van der Waals surface area contributed by atoms with Crippen LogP contribution in [0.15, 0.2) is 0 Å². The smallest absolute Gasteiger partial charge is 0.312 e. The summed E-state index contributed by atoms with van der Waals surface area (Å²) < 4.78 is 0. The van der Waals surface area contributed by atoms with Gasteiger partial charge in [-0.05, 0) is 6.42 Å². The van der Waals surface area contributed by atoms with Crippen LogP contribution in [-0.2, 0) is 0 Å². The van der Waals surface area contributed by atoms with Crippen LogP contribution < -0.4 is 16.4 Å². The number of urea groups is 1. The van der Waals surface area contributed by atoms with Crippen LogP contribution in [0.5, 0.6) is 0 Å². The molecule has 2 unspecified atom stereocenters. The molecule has 0 heterocycles. The van der Waals surface area contributed by atoms with Crippen molar-refractivity contribution in [1.82, 2.24) is 10.6 Å². The summed E-state index contributed by atoms with van der Waals surface area (Å²) in [5.41, 5.74) is 4.85. The van der Waals surface area contributed by atoms with Gasteiger partial charge in [-0.2, -0.15) is 0 Å². The number of carbonyl (C=O) groups is 1. The van der Waals surface area contributed by atoms with Crippen molar-refractivity contribution < 1.29 is 9.90 Å². The fraction of sp³-hybridized carbons (Fsp3) is 0.889. The van der Waals surface area contributed by atoms with Gasteiger partial charge in [0.1, 0.15) is 0 Å². The number of rotatable bonds is 4. The molecule has 1 saturated carbocycles. The lowest BCUT2D eigenvalue weighted by Crippen LogP contribution is -2.60. The molecule has 0 spiro atoms. The summed E-state index contributed by atoms with van der Waals surface area (Å²) in [4.78, 5) is 10.4. The summed E-state index contributed by atoms with van der Waals surface area (Å²) >= 11 is 0. The molecule has 0 aromatic carbocycles. The molecule has 0 bridgehead atoms. The van der Waals surface area contributed by atoms with Crippen molar-refractivity contribution >= 4 is 6.03 Å². The SMILES string of the molecule is CC1(C)C(O)CC1NCCNC(N)=O. The van der Waals surface area contributed by atoms with Crippen LogP contribution in [0.3, 0.4) is 0 Å². The number of nitrogens with two attached hydrogens (primary N) is 1. The molecule has 0 radical (unpaired) electrons. The zero-order valence-corrected chi connectivity index (χ0v) is 8.71. The van der Waals surface area contributed by atoms with Gasteiger partial charge in [0, 0.05) is 24.5 Å². The molecule has 2 amide bonds. The minimum Gasteiger partial charge on any atom is -0.392 e. The predicted molar refractivity (Wildman–Crippen MR) is 53.8 cm³/mol. The van der Waals surface area contributed by atoms with E-state index in [1.807, 2.05) is 13.8 Å². The number of hydrogen-bond donors (Lipinski definition) is 4. The van der Waals surface area contributed by atoms with Gasteiger partial charge < -0.3 is 21.5 Å². The van der Waals surface area contributed by atoms with Gasteiger partial charge in [0.05, 0.1) is 6.10 Å². The summed E-state index contributed by atoms with van der Waals surface area (Å²) in [5.74, 6) is 0. The Morgan fingerprint density at radius 1 is 1.57 bits per heavy atom. The molecule has 82 valence electrons. The Bertz CT molecular complexity index is 218. The van der Waals surface area contributed by atoms with E-state index in [4.69, 9.17) is 5.73 Å². The number of aliphatic hydroxyl groups is 1. The van der Waals surface area contributed by atoms with Gasteiger partial charge in [0.15, 0.2) is 0 Å². The van der Waals surface area contributed by atoms with Crippen molar-refractivity contribution in [2.45, 2.75) is 32.4 Å². The average Bonchev–Trinajstić information content (AvgIpc) is 2.10. The molecule has 1 rings (SSSR count). The maximum atomic E-state index is 10.4. The van der Waals surface area contributed by atoms with E-state index in [0.717, 1.165) is 6.42 Å². The Morgan fingerprint density at radius 3 is 2.64 bits per heavy atom. The van der Waals surface area contributed by atoms with E-state index in [9.17, 15) is 9.90 Å². The molecular weight excluding hydrogens is 182 g/mol. The van der Waals surface area contributed by atoms with E-state index in [1.165, 1.54) is 0 Å². The standard InChI is InChI=1S/C9H19N3O2/c1-9(2)6(5-7(9)13)11-3-4-12-8(10)14/h6-7,11,13H,3-5H2,1-2H3,(H3,10,12,14). The van der Waals surface area contributed by atoms with Crippen LogP contribution in [0, 0.1) is 5.41 Å². The van der Waals surface area contributed by atoms with Gasteiger partial charge in [-0.25, -0.2) is 4.79 Å². The van der Waals surface area contributed by atoms with Crippen LogP contribution in [0.25, 0.3) is 0 Å². The van der Waals surface area contributed by atoms with Crippen molar-refractivity contribution in [2.24, 2.45) is 11.1 Å². The highest BCUT2D eigenvalue weighted by Crippen LogP contribution is 2.40. The molecule has 14 heavy (non-hydrogen) atoms. The third-order valence-electron chi connectivity index (χ3n) is 3.03. The average molecular weight is 201 g/mol. The van der Waals surface area contributed by atoms with Gasteiger partial charge in [-0.1, -0.05) is 13.8 Å². The molecule has 0 aromatic rings. The van der Waals surface area contributed by atoms with Gasteiger partial charge in [-0.3, -0.25) is 0 Å². The maximum Gasteiger partial charge on any atom is 0.312 e. The number of primary amides is 1. The normalized spacial score (nSPS) is 29.4. The number of amides is 2. The van der Waals surface area contributed by atoms with Crippen LogP contribution >= 0.6 is 0 Å².